The highest BCUT2D eigenvalue weighted by Crippen LogP contribution is 2.12. The first-order valence-corrected chi connectivity index (χ1v) is 7.32. The molecule has 0 aliphatic carbocycles. The van der Waals surface area contributed by atoms with Crippen molar-refractivity contribution in [2.24, 2.45) is 0 Å². The summed E-state index contributed by atoms with van der Waals surface area (Å²) in [6.07, 6.45) is 6.65. The molecule has 114 valence electrons. The van der Waals surface area contributed by atoms with Gasteiger partial charge in [0, 0.05) is 43.4 Å². The number of amides is 1. The molecule has 7 heteroatoms. The Balaban J connectivity index is 1.54. The average Bonchev–Trinajstić information content (AvgIpc) is 3.17. The molecule has 0 atom stereocenters. The Morgan fingerprint density at radius 3 is 3.14 bits per heavy atom. The van der Waals surface area contributed by atoms with Gasteiger partial charge in [-0.1, -0.05) is 6.92 Å². The third kappa shape index (κ3) is 2.98. The maximum atomic E-state index is 12.0. The second kappa shape index (κ2) is 6.38. The fourth-order valence-electron chi connectivity index (χ4n) is 2.39. The summed E-state index contributed by atoms with van der Waals surface area (Å²) in [5.74, 6) is 1.00. The molecule has 3 aromatic rings. The van der Waals surface area contributed by atoms with Gasteiger partial charge in [0.05, 0.1) is 12.2 Å². The number of aryl methyl sites for hydroxylation is 2. The lowest BCUT2D eigenvalue weighted by molar-refractivity contribution is -0.121. The van der Waals surface area contributed by atoms with E-state index >= 15 is 0 Å². The maximum absolute atomic E-state index is 12.0. The molecule has 2 N–H and O–H groups in total. The Morgan fingerprint density at radius 1 is 1.36 bits per heavy atom. The van der Waals surface area contributed by atoms with Crippen LogP contribution in [0.25, 0.3) is 11.0 Å². The Kier molecular flexibility index (Phi) is 4.13. The number of carbonyl (C=O) groups excluding carboxylic acids is 1. The lowest BCUT2D eigenvalue weighted by Crippen LogP contribution is -2.24. The van der Waals surface area contributed by atoms with Gasteiger partial charge in [0.2, 0.25) is 5.91 Å². The molecule has 0 aliphatic heterocycles. The van der Waals surface area contributed by atoms with Gasteiger partial charge in [-0.05, 0) is 12.1 Å². The summed E-state index contributed by atoms with van der Waals surface area (Å²) < 4.78 is 2.01. The van der Waals surface area contributed by atoms with Crippen molar-refractivity contribution in [1.29, 1.82) is 0 Å². The van der Waals surface area contributed by atoms with Crippen LogP contribution in [0.1, 0.15) is 24.9 Å². The minimum atomic E-state index is 0.00222. The van der Waals surface area contributed by atoms with E-state index in [1.54, 1.807) is 12.4 Å². The van der Waals surface area contributed by atoms with Crippen molar-refractivity contribution < 1.29 is 4.79 Å². The third-order valence-corrected chi connectivity index (χ3v) is 3.57. The lowest BCUT2D eigenvalue weighted by atomic mass is 10.2. The van der Waals surface area contributed by atoms with Crippen LogP contribution >= 0.6 is 0 Å². The minimum absolute atomic E-state index is 0.00222. The molecular weight excluding hydrogens is 280 g/mol. The summed E-state index contributed by atoms with van der Waals surface area (Å²) in [7, 11) is 0. The Morgan fingerprint density at radius 2 is 2.27 bits per heavy atom. The second-order valence-corrected chi connectivity index (χ2v) is 4.99. The lowest BCUT2D eigenvalue weighted by Gasteiger charge is -2.07. The van der Waals surface area contributed by atoms with Crippen molar-refractivity contribution in [2.45, 2.75) is 32.9 Å². The number of H-pyrrole nitrogens is 1. The molecule has 0 unspecified atom stereocenters. The second-order valence-electron chi connectivity index (χ2n) is 4.99. The van der Waals surface area contributed by atoms with Gasteiger partial charge < -0.3 is 9.88 Å². The number of hydrogen-bond acceptors (Lipinski definition) is 4. The molecule has 3 rings (SSSR count). The normalized spacial score (nSPS) is 11.0. The van der Waals surface area contributed by atoms with Gasteiger partial charge in [0.15, 0.2) is 5.65 Å². The molecule has 0 aromatic carbocycles. The predicted octanol–water partition coefficient (Wildman–Crippen LogP) is 1.42. The van der Waals surface area contributed by atoms with Crippen LogP contribution < -0.4 is 5.32 Å². The zero-order chi connectivity index (χ0) is 15.4. The molecule has 3 heterocycles. The van der Waals surface area contributed by atoms with Gasteiger partial charge >= 0.3 is 0 Å². The van der Waals surface area contributed by atoms with E-state index in [4.69, 9.17) is 0 Å². The molecule has 0 fully saturated rings. The fraction of sp³-hybridized carbons (Fsp3) is 0.333. The van der Waals surface area contributed by atoms with E-state index in [1.165, 1.54) is 0 Å². The molecule has 0 aliphatic rings. The molecule has 0 saturated heterocycles. The largest absolute Gasteiger partial charge is 0.350 e. The van der Waals surface area contributed by atoms with E-state index in [2.05, 4.69) is 32.4 Å². The number of nitrogens with zero attached hydrogens (tertiary/aromatic N) is 4. The van der Waals surface area contributed by atoms with Crippen molar-refractivity contribution in [3.05, 3.63) is 42.2 Å². The number of aromatic nitrogens is 5. The number of nitrogens with one attached hydrogen (secondary N) is 2. The number of pyridine rings is 1. The van der Waals surface area contributed by atoms with Gasteiger partial charge in [-0.3, -0.25) is 9.89 Å². The van der Waals surface area contributed by atoms with E-state index in [-0.39, 0.29) is 5.91 Å². The molecular formula is C15H18N6O. The number of fused-ring (bicyclic) bond motifs is 1. The minimum Gasteiger partial charge on any atom is -0.350 e. The van der Waals surface area contributed by atoms with Crippen LogP contribution in [0.15, 0.2) is 30.7 Å². The summed E-state index contributed by atoms with van der Waals surface area (Å²) >= 11 is 0. The first kappa shape index (κ1) is 14.2. The molecule has 7 nitrogen and oxygen atoms in total. The Labute approximate surface area is 127 Å². The summed E-state index contributed by atoms with van der Waals surface area (Å²) in [5.41, 5.74) is 1.53. The molecule has 0 radical (unpaired) electrons. The molecule has 0 bridgehead atoms. The van der Waals surface area contributed by atoms with Gasteiger partial charge in [-0.25, -0.2) is 9.97 Å². The number of hydrogen-bond donors (Lipinski definition) is 2. The average molecular weight is 298 g/mol. The highest BCUT2D eigenvalue weighted by atomic mass is 16.1. The summed E-state index contributed by atoms with van der Waals surface area (Å²) in [6.45, 7) is 3.11. The smallest absolute Gasteiger partial charge is 0.222 e. The van der Waals surface area contributed by atoms with E-state index in [0.29, 0.717) is 25.2 Å². The quantitative estimate of drug-likeness (QED) is 0.720. The number of imidazole rings is 1. The molecule has 0 spiro atoms. The van der Waals surface area contributed by atoms with E-state index in [9.17, 15) is 4.79 Å². The van der Waals surface area contributed by atoms with Crippen molar-refractivity contribution in [3.8, 4) is 0 Å². The van der Waals surface area contributed by atoms with Crippen LogP contribution in [0.5, 0.6) is 0 Å². The van der Waals surface area contributed by atoms with Crippen LogP contribution in [-0.2, 0) is 24.3 Å². The first-order valence-electron chi connectivity index (χ1n) is 7.32. The van der Waals surface area contributed by atoms with Crippen LogP contribution in [0.2, 0.25) is 0 Å². The standard InChI is InChI=1S/C15H18N6O/c1-2-13-16-7-9-21(13)8-5-14(22)18-10-12-11-4-3-6-17-15(11)20-19-12/h3-4,6-7,9H,2,5,8,10H2,1H3,(H,18,22)(H,17,19,20). The van der Waals surface area contributed by atoms with E-state index in [0.717, 1.165) is 23.3 Å². The molecule has 0 saturated carbocycles. The topological polar surface area (TPSA) is 88.5 Å². The summed E-state index contributed by atoms with van der Waals surface area (Å²) in [4.78, 5) is 20.4. The van der Waals surface area contributed by atoms with Crippen LogP contribution in [0.3, 0.4) is 0 Å². The van der Waals surface area contributed by atoms with Crippen molar-refractivity contribution in [1.82, 2.24) is 30.0 Å². The van der Waals surface area contributed by atoms with Crippen LogP contribution in [-0.4, -0.2) is 30.6 Å². The summed E-state index contributed by atoms with van der Waals surface area (Å²) in [6, 6.07) is 3.79. The zero-order valence-electron chi connectivity index (χ0n) is 12.4. The SMILES string of the molecule is CCc1nccn1CCC(=O)NCc1[nH]nc2ncccc12. The zero-order valence-corrected chi connectivity index (χ0v) is 12.4. The van der Waals surface area contributed by atoms with Crippen LogP contribution in [0.4, 0.5) is 0 Å². The number of aromatic amines is 1. The monoisotopic (exact) mass is 298 g/mol. The Bertz CT molecular complexity index is 775. The Hall–Kier alpha value is -2.70. The van der Waals surface area contributed by atoms with Gasteiger partial charge in [0.25, 0.3) is 0 Å². The third-order valence-electron chi connectivity index (χ3n) is 3.57. The van der Waals surface area contributed by atoms with Crippen LogP contribution in [0, 0.1) is 0 Å². The van der Waals surface area contributed by atoms with Gasteiger partial charge in [-0.15, -0.1) is 0 Å². The van der Waals surface area contributed by atoms with Crippen molar-refractivity contribution in [3.63, 3.8) is 0 Å². The molecule has 22 heavy (non-hydrogen) atoms. The van der Waals surface area contributed by atoms with Crippen molar-refractivity contribution in [2.75, 3.05) is 0 Å². The number of carbonyl (C=O) groups is 1. The highest BCUT2D eigenvalue weighted by molar-refractivity contribution is 5.79. The maximum Gasteiger partial charge on any atom is 0.222 e. The molecule has 1 amide bonds. The van der Waals surface area contributed by atoms with Gasteiger partial charge in [-0.2, -0.15) is 5.10 Å². The predicted molar refractivity (Wildman–Crippen MR) is 82.0 cm³/mol. The summed E-state index contributed by atoms with van der Waals surface area (Å²) in [5, 5.41) is 10.9. The fourth-order valence-corrected chi connectivity index (χ4v) is 2.39. The highest BCUT2D eigenvalue weighted by Gasteiger charge is 2.08. The molecule has 3 aromatic heterocycles. The van der Waals surface area contributed by atoms with Crippen molar-refractivity contribution >= 4 is 16.9 Å². The van der Waals surface area contributed by atoms with E-state index < -0.39 is 0 Å². The number of rotatable bonds is 6. The first-order chi connectivity index (χ1) is 10.8. The van der Waals surface area contributed by atoms with Gasteiger partial charge in [0.1, 0.15) is 5.82 Å². The van der Waals surface area contributed by atoms with E-state index in [1.807, 2.05) is 22.9 Å².